The van der Waals surface area contributed by atoms with Crippen molar-refractivity contribution in [2.75, 3.05) is 33.3 Å². The number of aliphatic hydroxyl groups is 1. The SMILES string of the molecule is CNC(CCN1CCC(CO)C1)c1ccccc1Cl. The Morgan fingerprint density at radius 3 is 2.89 bits per heavy atom. The van der Waals surface area contributed by atoms with Crippen molar-refractivity contribution in [1.82, 2.24) is 10.2 Å². The van der Waals surface area contributed by atoms with Gasteiger partial charge in [-0.1, -0.05) is 29.8 Å². The Kier molecular flexibility index (Phi) is 5.64. The standard InChI is InChI=1S/C15H23ClN2O/c1-17-15(13-4-2-3-5-14(13)16)7-9-18-8-6-12(10-18)11-19/h2-5,12,15,17,19H,6-11H2,1H3. The van der Waals surface area contributed by atoms with E-state index in [4.69, 9.17) is 16.7 Å². The van der Waals surface area contributed by atoms with E-state index < -0.39 is 0 Å². The number of rotatable bonds is 6. The van der Waals surface area contributed by atoms with E-state index in [1.54, 1.807) is 0 Å². The van der Waals surface area contributed by atoms with Crippen LogP contribution in [0.25, 0.3) is 0 Å². The molecule has 1 heterocycles. The molecule has 1 fully saturated rings. The van der Waals surface area contributed by atoms with E-state index in [1.807, 2.05) is 25.2 Å². The molecular formula is C15H23ClN2O. The number of halogens is 1. The average Bonchev–Trinajstić information content (AvgIpc) is 2.89. The zero-order valence-corrected chi connectivity index (χ0v) is 12.2. The lowest BCUT2D eigenvalue weighted by molar-refractivity contribution is 0.219. The van der Waals surface area contributed by atoms with Crippen LogP contribution in [0, 0.1) is 5.92 Å². The van der Waals surface area contributed by atoms with Gasteiger partial charge >= 0.3 is 0 Å². The highest BCUT2D eigenvalue weighted by molar-refractivity contribution is 6.31. The molecule has 0 saturated carbocycles. The molecule has 0 radical (unpaired) electrons. The largest absolute Gasteiger partial charge is 0.396 e. The van der Waals surface area contributed by atoms with Crippen molar-refractivity contribution >= 4 is 11.6 Å². The Labute approximate surface area is 120 Å². The first-order valence-electron chi connectivity index (χ1n) is 6.99. The van der Waals surface area contributed by atoms with Gasteiger partial charge in [0.05, 0.1) is 0 Å². The van der Waals surface area contributed by atoms with Gasteiger partial charge in [0.15, 0.2) is 0 Å². The molecule has 0 bridgehead atoms. The third kappa shape index (κ3) is 3.93. The van der Waals surface area contributed by atoms with Gasteiger partial charge in [-0.3, -0.25) is 0 Å². The molecule has 4 heteroatoms. The normalized spacial score (nSPS) is 21.7. The van der Waals surface area contributed by atoms with Crippen LogP contribution < -0.4 is 5.32 Å². The van der Waals surface area contributed by atoms with Gasteiger partial charge < -0.3 is 15.3 Å². The van der Waals surface area contributed by atoms with Gasteiger partial charge in [-0.2, -0.15) is 0 Å². The van der Waals surface area contributed by atoms with Crippen molar-refractivity contribution in [2.24, 2.45) is 5.92 Å². The van der Waals surface area contributed by atoms with Crippen LogP contribution in [-0.4, -0.2) is 43.3 Å². The number of nitrogens with one attached hydrogen (secondary N) is 1. The first-order valence-corrected chi connectivity index (χ1v) is 7.37. The van der Waals surface area contributed by atoms with E-state index in [0.717, 1.165) is 37.5 Å². The highest BCUT2D eigenvalue weighted by Crippen LogP contribution is 2.25. The summed E-state index contributed by atoms with van der Waals surface area (Å²) in [6, 6.07) is 8.32. The Morgan fingerprint density at radius 1 is 1.47 bits per heavy atom. The van der Waals surface area contributed by atoms with E-state index in [0.29, 0.717) is 18.6 Å². The lowest BCUT2D eigenvalue weighted by Gasteiger charge is -2.22. The third-order valence-corrected chi connectivity index (χ3v) is 4.34. The Balaban J connectivity index is 1.88. The number of hydrogen-bond donors (Lipinski definition) is 2. The van der Waals surface area contributed by atoms with Crippen LogP contribution in [0.2, 0.25) is 5.02 Å². The number of nitrogens with zero attached hydrogens (tertiary/aromatic N) is 1. The fraction of sp³-hybridized carbons (Fsp3) is 0.600. The van der Waals surface area contributed by atoms with Gasteiger partial charge in [-0.25, -0.2) is 0 Å². The maximum absolute atomic E-state index is 9.17. The summed E-state index contributed by atoms with van der Waals surface area (Å²) in [4.78, 5) is 2.43. The van der Waals surface area contributed by atoms with Gasteiger partial charge in [0.1, 0.15) is 0 Å². The highest BCUT2D eigenvalue weighted by atomic mass is 35.5. The molecule has 0 amide bonds. The van der Waals surface area contributed by atoms with Gasteiger partial charge in [-0.15, -0.1) is 0 Å². The van der Waals surface area contributed by atoms with E-state index in [-0.39, 0.29) is 0 Å². The smallest absolute Gasteiger partial charge is 0.0471 e. The molecular weight excluding hydrogens is 260 g/mol. The molecule has 1 aromatic rings. The second-order valence-corrected chi connectivity index (χ2v) is 5.70. The third-order valence-electron chi connectivity index (χ3n) is 3.99. The molecule has 19 heavy (non-hydrogen) atoms. The van der Waals surface area contributed by atoms with Crippen LogP contribution in [0.1, 0.15) is 24.4 Å². The first kappa shape index (κ1) is 14.8. The summed E-state index contributed by atoms with van der Waals surface area (Å²) in [6.07, 6.45) is 2.16. The summed E-state index contributed by atoms with van der Waals surface area (Å²) < 4.78 is 0. The maximum atomic E-state index is 9.17. The van der Waals surface area contributed by atoms with Crippen LogP contribution in [0.15, 0.2) is 24.3 Å². The number of hydrogen-bond acceptors (Lipinski definition) is 3. The lowest BCUT2D eigenvalue weighted by atomic mass is 10.0. The van der Waals surface area contributed by atoms with E-state index >= 15 is 0 Å². The monoisotopic (exact) mass is 282 g/mol. The molecule has 1 aliphatic heterocycles. The quantitative estimate of drug-likeness (QED) is 0.840. The van der Waals surface area contributed by atoms with Crippen LogP contribution in [0.3, 0.4) is 0 Å². The summed E-state index contributed by atoms with van der Waals surface area (Å²) in [5.74, 6) is 0.466. The summed E-state index contributed by atoms with van der Waals surface area (Å²) in [6.45, 7) is 3.49. The summed E-state index contributed by atoms with van der Waals surface area (Å²) in [7, 11) is 1.98. The van der Waals surface area contributed by atoms with Crippen molar-refractivity contribution in [3.63, 3.8) is 0 Å². The summed E-state index contributed by atoms with van der Waals surface area (Å²) in [5, 5.41) is 13.3. The zero-order chi connectivity index (χ0) is 13.7. The summed E-state index contributed by atoms with van der Waals surface area (Å²) in [5.41, 5.74) is 1.17. The zero-order valence-electron chi connectivity index (χ0n) is 11.5. The van der Waals surface area contributed by atoms with Gasteiger partial charge in [-0.05, 0) is 50.5 Å². The Morgan fingerprint density at radius 2 is 2.26 bits per heavy atom. The number of aliphatic hydroxyl groups excluding tert-OH is 1. The van der Waals surface area contributed by atoms with Crippen molar-refractivity contribution in [1.29, 1.82) is 0 Å². The van der Waals surface area contributed by atoms with E-state index in [2.05, 4.69) is 16.3 Å². The second-order valence-electron chi connectivity index (χ2n) is 5.29. The highest BCUT2D eigenvalue weighted by Gasteiger charge is 2.22. The Hall–Kier alpha value is -0.610. The molecule has 2 atom stereocenters. The lowest BCUT2D eigenvalue weighted by Crippen LogP contribution is -2.27. The van der Waals surface area contributed by atoms with Crippen LogP contribution in [0.4, 0.5) is 0 Å². The van der Waals surface area contributed by atoms with Crippen LogP contribution in [-0.2, 0) is 0 Å². The van der Waals surface area contributed by atoms with Crippen LogP contribution >= 0.6 is 11.6 Å². The van der Waals surface area contributed by atoms with Crippen LogP contribution in [0.5, 0.6) is 0 Å². The molecule has 0 aliphatic carbocycles. The van der Waals surface area contributed by atoms with Crippen molar-refractivity contribution in [2.45, 2.75) is 18.9 Å². The molecule has 1 aliphatic rings. The maximum Gasteiger partial charge on any atom is 0.0471 e. The fourth-order valence-corrected chi connectivity index (χ4v) is 3.06. The molecule has 2 rings (SSSR count). The molecule has 0 aromatic heterocycles. The van der Waals surface area contributed by atoms with E-state index in [9.17, 15) is 0 Å². The van der Waals surface area contributed by atoms with Crippen molar-refractivity contribution in [3.8, 4) is 0 Å². The minimum Gasteiger partial charge on any atom is -0.396 e. The van der Waals surface area contributed by atoms with Gasteiger partial charge in [0, 0.05) is 24.2 Å². The second kappa shape index (κ2) is 7.25. The predicted molar refractivity (Wildman–Crippen MR) is 79.5 cm³/mol. The van der Waals surface area contributed by atoms with Crippen molar-refractivity contribution in [3.05, 3.63) is 34.9 Å². The molecule has 3 nitrogen and oxygen atoms in total. The fourth-order valence-electron chi connectivity index (χ4n) is 2.79. The molecule has 1 saturated heterocycles. The first-order chi connectivity index (χ1) is 9.24. The average molecular weight is 283 g/mol. The predicted octanol–water partition coefficient (Wildman–Crippen LogP) is 2.30. The Bertz CT molecular complexity index is 399. The van der Waals surface area contributed by atoms with E-state index in [1.165, 1.54) is 5.56 Å². The molecule has 1 aromatic carbocycles. The van der Waals surface area contributed by atoms with Gasteiger partial charge in [0.25, 0.3) is 0 Å². The molecule has 2 N–H and O–H groups in total. The van der Waals surface area contributed by atoms with Crippen molar-refractivity contribution < 1.29 is 5.11 Å². The molecule has 2 unspecified atom stereocenters. The number of benzene rings is 1. The topological polar surface area (TPSA) is 35.5 Å². The minimum atomic E-state index is 0.293. The molecule has 106 valence electrons. The minimum absolute atomic E-state index is 0.293. The number of likely N-dealkylation sites (tertiary alicyclic amines) is 1. The van der Waals surface area contributed by atoms with Gasteiger partial charge in [0.2, 0.25) is 0 Å². The molecule has 0 spiro atoms. The summed E-state index contributed by atoms with van der Waals surface area (Å²) >= 11 is 6.25.